The highest BCUT2D eigenvalue weighted by molar-refractivity contribution is 9.09. The maximum Gasteiger partial charge on any atom is 0.307 e. The van der Waals surface area contributed by atoms with Gasteiger partial charge in [-0.15, -0.1) is 11.3 Å². The standard InChI is InChI=1S/C17H15BrO3S/c18-6-1-2-13-14-8-11(9-16(19)20)3-4-15(14)21-10-12-5-7-22-17(12)13/h2-5,7-8H,1,6,9-10H2,(H,19,20)/b13-2+. The largest absolute Gasteiger partial charge is 0.488 e. The molecule has 0 saturated carbocycles. The topological polar surface area (TPSA) is 46.5 Å². The number of rotatable bonds is 4. The number of carboxylic acids is 1. The fourth-order valence-corrected chi connectivity index (χ4v) is 3.76. The van der Waals surface area contributed by atoms with Crippen molar-refractivity contribution in [2.45, 2.75) is 19.4 Å². The van der Waals surface area contributed by atoms with Crippen LogP contribution in [0.15, 0.2) is 35.7 Å². The molecule has 1 N–H and O–H groups in total. The fourth-order valence-electron chi connectivity index (χ4n) is 2.56. The van der Waals surface area contributed by atoms with E-state index in [1.165, 1.54) is 10.4 Å². The second-order valence-electron chi connectivity index (χ2n) is 5.06. The quantitative estimate of drug-likeness (QED) is 0.797. The molecule has 0 aliphatic carbocycles. The van der Waals surface area contributed by atoms with E-state index >= 15 is 0 Å². The molecule has 0 radical (unpaired) electrons. The Bertz CT molecular complexity index is 733. The van der Waals surface area contributed by atoms with Gasteiger partial charge < -0.3 is 9.84 Å². The zero-order valence-electron chi connectivity index (χ0n) is 11.8. The normalized spacial score (nSPS) is 14.9. The first kappa shape index (κ1) is 15.3. The van der Waals surface area contributed by atoms with Gasteiger partial charge in [0.15, 0.2) is 0 Å². The number of ether oxygens (including phenoxy) is 1. The van der Waals surface area contributed by atoms with E-state index < -0.39 is 5.97 Å². The van der Waals surface area contributed by atoms with E-state index in [1.54, 1.807) is 11.3 Å². The first-order valence-electron chi connectivity index (χ1n) is 7.00. The summed E-state index contributed by atoms with van der Waals surface area (Å²) in [7, 11) is 0. The smallest absolute Gasteiger partial charge is 0.307 e. The lowest BCUT2D eigenvalue weighted by molar-refractivity contribution is -0.136. The Kier molecular flexibility index (Phi) is 4.64. The fraction of sp³-hybridized carbons (Fsp3) is 0.235. The third-order valence-electron chi connectivity index (χ3n) is 3.52. The number of hydrogen-bond donors (Lipinski definition) is 1. The van der Waals surface area contributed by atoms with Crippen LogP contribution in [0.2, 0.25) is 0 Å². The van der Waals surface area contributed by atoms with Crippen molar-refractivity contribution < 1.29 is 14.6 Å². The monoisotopic (exact) mass is 378 g/mol. The van der Waals surface area contributed by atoms with E-state index in [1.807, 2.05) is 18.2 Å². The molecular formula is C17H15BrO3S. The SMILES string of the molecule is O=C(O)Cc1ccc2c(c1)/C(=C\CCBr)c1sccc1CO2. The van der Waals surface area contributed by atoms with Crippen molar-refractivity contribution in [2.75, 3.05) is 5.33 Å². The summed E-state index contributed by atoms with van der Waals surface area (Å²) in [5.74, 6) is -0.00403. The number of thiophene rings is 1. The molecule has 0 atom stereocenters. The van der Waals surface area contributed by atoms with E-state index in [9.17, 15) is 4.79 Å². The molecule has 3 rings (SSSR count). The lowest BCUT2D eigenvalue weighted by Crippen LogP contribution is -2.01. The van der Waals surface area contributed by atoms with Gasteiger partial charge in [-0.3, -0.25) is 4.79 Å². The van der Waals surface area contributed by atoms with Crippen LogP contribution in [0.3, 0.4) is 0 Å². The molecule has 0 saturated heterocycles. The van der Waals surface area contributed by atoms with Crippen molar-refractivity contribution in [3.8, 4) is 5.75 Å². The summed E-state index contributed by atoms with van der Waals surface area (Å²) in [4.78, 5) is 12.2. The van der Waals surface area contributed by atoms with Crippen LogP contribution in [0, 0.1) is 0 Å². The van der Waals surface area contributed by atoms with E-state index in [4.69, 9.17) is 9.84 Å². The minimum absolute atomic E-state index is 0.0241. The van der Waals surface area contributed by atoms with Crippen LogP contribution >= 0.6 is 27.3 Å². The van der Waals surface area contributed by atoms with Gasteiger partial charge >= 0.3 is 5.97 Å². The summed E-state index contributed by atoms with van der Waals surface area (Å²) in [6.07, 6.45) is 3.13. The van der Waals surface area contributed by atoms with Gasteiger partial charge in [0.1, 0.15) is 12.4 Å². The molecule has 2 heterocycles. The van der Waals surface area contributed by atoms with E-state index in [0.29, 0.717) is 6.61 Å². The van der Waals surface area contributed by atoms with Crippen molar-refractivity contribution in [3.05, 3.63) is 57.3 Å². The average molecular weight is 379 g/mol. The van der Waals surface area contributed by atoms with Crippen molar-refractivity contribution in [3.63, 3.8) is 0 Å². The molecule has 1 aromatic carbocycles. The van der Waals surface area contributed by atoms with Crippen LogP contribution in [0.25, 0.3) is 5.57 Å². The van der Waals surface area contributed by atoms with Crippen LogP contribution in [0.5, 0.6) is 5.75 Å². The number of hydrogen-bond acceptors (Lipinski definition) is 3. The minimum Gasteiger partial charge on any atom is -0.488 e. The minimum atomic E-state index is -0.822. The van der Waals surface area contributed by atoms with Crippen molar-refractivity contribution >= 4 is 38.8 Å². The van der Waals surface area contributed by atoms with Crippen LogP contribution < -0.4 is 4.74 Å². The molecule has 2 aromatic rings. The molecule has 22 heavy (non-hydrogen) atoms. The van der Waals surface area contributed by atoms with Crippen LogP contribution in [0.1, 0.15) is 28.0 Å². The summed E-state index contributed by atoms with van der Waals surface area (Å²) < 4.78 is 5.91. The van der Waals surface area contributed by atoms with Gasteiger partial charge in [0.25, 0.3) is 0 Å². The number of aliphatic carboxylic acids is 1. The van der Waals surface area contributed by atoms with Crippen molar-refractivity contribution in [1.82, 2.24) is 0 Å². The lowest BCUT2D eigenvalue weighted by atomic mass is 9.98. The molecule has 3 nitrogen and oxygen atoms in total. The van der Waals surface area contributed by atoms with E-state index in [2.05, 4.69) is 33.5 Å². The Labute approximate surface area is 141 Å². The number of fused-ring (bicyclic) bond motifs is 2. The van der Waals surface area contributed by atoms with Gasteiger partial charge in [0, 0.05) is 21.3 Å². The Morgan fingerprint density at radius 2 is 2.27 bits per heavy atom. The second-order valence-corrected chi connectivity index (χ2v) is 6.77. The molecular weight excluding hydrogens is 364 g/mol. The van der Waals surface area contributed by atoms with Crippen molar-refractivity contribution in [2.24, 2.45) is 0 Å². The second kappa shape index (κ2) is 6.67. The third kappa shape index (κ3) is 3.10. The molecule has 0 unspecified atom stereocenters. The maximum absolute atomic E-state index is 11.0. The summed E-state index contributed by atoms with van der Waals surface area (Å²) in [5, 5.41) is 12.0. The molecule has 0 fully saturated rings. The highest BCUT2D eigenvalue weighted by Crippen LogP contribution is 2.40. The summed E-state index contributed by atoms with van der Waals surface area (Å²) in [6, 6.07) is 7.74. The van der Waals surface area contributed by atoms with Crippen LogP contribution in [-0.4, -0.2) is 16.4 Å². The van der Waals surface area contributed by atoms with Gasteiger partial charge in [-0.05, 0) is 41.1 Å². The van der Waals surface area contributed by atoms with E-state index in [-0.39, 0.29) is 6.42 Å². The summed E-state index contributed by atoms with van der Waals surface area (Å²) >= 11 is 5.16. The number of carbonyl (C=O) groups is 1. The molecule has 5 heteroatoms. The number of carboxylic acid groups (broad SMARTS) is 1. The Morgan fingerprint density at radius 1 is 1.41 bits per heavy atom. The van der Waals surface area contributed by atoms with Gasteiger partial charge in [-0.25, -0.2) is 0 Å². The number of halogens is 1. The highest BCUT2D eigenvalue weighted by atomic mass is 79.9. The maximum atomic E-state index is 11.0. The molecule has 1 aromatic heterocycles. The van der Waals surface area contributed by atoms with Crippen molar-refractivity contribution in [1.29, 1.82) is 0 Å². The number of benzene rings is 1. The van der Waals surface area contributed by atoms with Gasteiger partial charge in [0.05, 0.1) is 6.42 Å². The summed E-state index contributed by atoms with van der Waals surface area (Å²) in [5.41, 5.74) is 4.10. The summed E-state index contributed by atoms with van der Waals surface area (Å²) in [6.45, 7) is 0.551. The highest BCUT2D eigenvalue weighted by Gasteiger charge is 2.20. The lowest BCUT2D eigenvalue weighted by Gasteiger charge is -2.11. The predicted octanol–water partition coefficient (Wildman–Crippen LogP) is 4.48. The first-order valence-corrected chi connectivity index (χ1v) is 9.00. The zero-order chi connectivity index (χ0) is 15.5. The third-order valence-corrected chi connectivity index (χ3v) is 4.97. The number of alkyl halides is 1. The molecule has 1 aliphatic heterocycles. The molecule has 1 aliphatic rings. The van der Waals surface area contributed by atoms with Gasteiger partial charge in [-0.1, -0.05) is 28.1 Å². The number of allylic oxidation sites excluding steroid dienone is 1. The molecule has 0 bridgehead atoms. The Hall–Kier alpha value is -1.59. The predicted molar refractivity (Wildman–Crippen MR) is 91.9 cm³/mol. The first-order chi connectivity index (χ1) is 10.7. The van der Waals surface area contributed by atoms with Crippen LogP contribution in [-0.2, 0) is 17.8 Å². The molecule has 114 valence electrons. The Balaban J connectivity index is 2.11. The zero-order valence-corrected chi connectivity index (χ0v) is 14.2. The Morgan fingerprint density at radius 3 is 3.05 bits per heavy atom. The van der Waals surface area contributed by atoms with Gasteiger partial charge in [0.2, 0.25) is 0 Å². The van der Waals surface area contributed by atoms with E-state index in [0.717, 1.165) is 34.2 Å². The van der Waals surface area contributed by atoms with Crippen LogP contribution in [0.4, 0.5) is 0 Å². The average Bonchev–Trinajstić information content (AvgIpc) is 2.89. The van der Waals surface area contributed by atoms with Gasteiger partial charge in [-0.2, -0.15) is 0 Å². The molecule has 0 amide bonds. The molecule has 0 spiro atoms.